The van der Waals surface area contributed by atoms with Crippen molar-refractivity contribution < 1.29 is 9.53 Å². The van der Waals surface area contributed by atoms with Crippen molar-refractivity contribution in [2.75, 3.05) is 7.11 Å². The lowest BCUT2D eigenvalue weighted by Gasteiger charge is -2.02. The van der Waals surface area contributed by atoms with Gasteiger partial charge in [0, 0.05) is 0 Å². The maximum atomic E-state index is 10.9. The predicted molar refractivity (Wildman–Crippen MR) is 62.2 cm³/mol. The van der Waals surface area contributed by atoms with E-state index < -0.39 is 0 Å². The van der Waals surface area contributed by atoms with Gasteiger partial charge < -0.3 is 4.74 Å². The summed E-state index contributed by atoms with van der Waals surface area (Å²) in [5.74, 6) is 0.478. The summed E-state index contributed by atoms with van der Waals surface area (Å²) in [5.41, 5.74) is 0.844. The minimum atomic E-state index is -0.137. The molecule has 0 saturated heterocycles. The lowest BCUT2D eigenvalue weighted by Crippen LogP contribution is -1.85. The number of rotatable bonds is 4. The Kier molecular flexibility index (Phi) is 4.13. The fourth-order valence-electron chi connectivity index (χ4n) is 1.03. The number of ether oxygens (including phenoxy) is 1. The molecule has 0 bridgehead atoms. The van der Waals surface area contributed by atoms with Gasteiger partial charge in [0.2, 0.25) is 0 Å². The van der Waals surface area contributed by atoms with Crippen LogP contribution in [0.5, 0.6) is 5.75 Å². The Morgan fingerprint density at radius 1 is 1.53 bits per heavy atom. The first kappa shape index (κ1) is 11.5. The zero-order valence-electron chi connectivity index (χ0n) is 8.37. The third-order valence-electron chi connectivity index (χ3n) is 1.82. The molecule has 0 aliphatic carbocycles. The van der Waals surface area contributed by atoms with Gasteiger partial charge >= 0.3 is 0 Å². The molecule has 1 aromatic carbocycles. The summed E-state index contributed by atoms with van der Waals surface area (Å²) < 4.78 is 5.01. The summed E-state index contributed by atoms with van der Waals surface area (Å²) in [4.78, 5) is 10.9. The van der Waals surface area contributed by atoms with Crippen molar-refractivity contribution in [2.45, 2.75) is 0 Å². The summed E-state index contributed by atoms with van der Waals surface area (Å²) in [6, 6.07) is 5.30. The fraction of sp³-hybridized carbons (Fsp3) is 0.0833. The average Bonchev–Trinajstić information content (AvgIpc) is 2.26. The molecule has 15 heavy (non-hydrogen) atoms. The summed E-state index contributed by atoms with van der Waals surface area (Å²) >= 11 is 5.91. The monoisotopic (exact) mass is 222 g/mol. The zero-order valence-corrected chi connectivity index (χ0v) is 9.12. The number of carbonyl (C=O) groups is 1. The van der Waals surface area contributed by atoms with E-state index in [1.807, 2.05) is 6.07 Å². The van der Waals surface area contributed by atoms with Crippen molar-refractivity contribution in [2.24, 2.45) is 0 Å². The number of halogens is 1. The van der Waals surface area contributed by atoms with Crippen LogP contribution in [0.25, 0.3) is 6.08 Å². The largest absolute Gasteiger partial charge is 0.495 e. The van der Waals surface area contributed by atoms with Crippen LogP contribution >= 0.6 is 11.6 Å². The van der Waals surface area contributed by atoms with Gasteiger partial charge in [0.15, 0.2) is 5.78 Å². The van der Waals surface area contributed by atoms with Crippen molar-refractivity contribution in [1.82, 2.24) is 0 Å². The van der Waals surface area contributed by atoms with Gasteiger partial charge in [-0.2, -0.15) is 0 Å². The number of hydrogen-bond acceptors (Lipinski definition) is 2. The van der Waals surface area contributed by atoms with Gasteiger partial charge in [0.05, 0.1) is 12.1 Å². The molecule has 78 valence electrons. The average molecular weight is 223 g/mol. The summed E-state index contributed by atoms with van der Waals surface area (Å²) in [5, 5.41) is 0.519. The summed E-state index contributed by atoms with van der Waals surface area (Å²) in [6.07, 6.45) is 4.36. The minimum absolute atomic E-state index is 0.137. The van der Waals surface area contributed by atoms with Crippen molar-refractivity contribution >= 4 is 23.5 Å². The molecule has 0 N–H and O–H groups in total. The number of hydrogen-bond donors (Lipinski definition) is 0. The number of ketones is 1. The van der Waals surface area contributed by atoms with Crippen LogP contribution in [-0.4, -0.2) is 12.9 Å². The minimum Gasteiger partial charge on any atom is -0.495 e. The second kappa shape index (κ2) is 5.37. The molecule has 0 radical (unpaired) electrons. The second-order valence-corrected chi connectivity index (χ2v) is 3.24. The van der Waals surface area contributed by atoms with Crippen LogP contribution in [0.1, 0.15) is 5.56 Å². The topological polar surface area (TPSA) is 26.3 Å². The molecular weight excluding hydrogens is 212 g/mol. The number of allylic oxidation sites excluding steroid dienone is 2. The molecule has 1 aromatic rings. The van der Waals surface area contributed by atoms with E-state index in [1.165, 1.54) is 12.2 Å². The Hall–Kier alpha value is -1.54. The standard InChI is InChI=1S/C12H11ClO2/c1-3-10(14)6-4-9-5-7-12(15-2)11(13)8-9/h3-8H,1H2,2H3/b6-4+. The first-order valence-corrected chi connectivity index (χ1v) is 4.73. The van der Waals surface area contributed by atoms with Crippen LogP contribution in [0.3, 0.4) is 0 Å². The van der Waals surface area contributed by atoms with Crippen LogP contribution in [0.15, 0.2) is 36.9 Å². The van der Waals surface area contributed by atoms with Crippen molar-refractivity contribution in [3.8, 4) is 5.75 Å². The Labute approximate surface area is 93.8 Å². The zero-order chi connectivity index (χ0) is 11.3. The highest BCUT2D eigenvalue weighted by Gasteiger charge is 1.99. The third kappa shape index (κ3) is 3.26. The van der Waals surface area contributed by atoms with Gasteiger partial charge in [0.25, 0.3) is 0 Å². The van der Waals surface area contributed by atoms with Crippen molar-refractivity contribution in [3.63, 3.8) is 0 Å². The highest BCUT2D eigenvalue weighted by Crippen LogP contribution is 2.25. The Morgan fingerprint density at radius 2 is 2.27 bits per heavy atom. The SMILES string of the molecule is C=CC(=O)/C=C/c1ccc(OC)c(Cl)c1. The van der Waals surface area contributed by atoms with Gasteiger partial charge in [-0.1, -0.05) is 30.3 Å². The van der Waals surface area contributed by atoms with E-state index in [2.05, 4.69) is 6.58 Å². The molecule has 0 saturated carbocycles. The van der Waals surface area contributed by atoms with E-state index in [0.717, 1.165) is 5.56 Å². The van der Waals surface area contributed by atoms with Crippen LogP contribution < -0.4 is 4.74 Å². The lowest BCUT2D eigenvalue weighted by molar-refractivity contribution is -0.110. The van der Waals surface area contributed by atoms with E-state index in [9.17, 15) is 4.79 Å². The van der Waals surface area contributed by atoms with Crippen molar-refractivity contribution in [3.05, 3.63) is 47.5 Å². The molecule has 0 spiro atoms. The van der Waals surface area contributed by atoms with E-state index in [4.69, 9.17) is 16.3 Å². The highest BCUT2D eigenvalue weighted by atomic mass is 35.5. The first-order valence-electron chi connectivity index (χ1n) is 4.35. The number of carbonyl (C=O) groups excluding carboxylic acids is 1. The van der Waals surface area contributed by atoms with Crippen LogP contribution in [0, 0.1) is 0 Å². The molecule has 0 heterocycles. The van der Waals surface area contributed by atoms with E-state index in [0.29, 0.717) is 10.8 Å². The molecule has 0 fully saturated rings. The molecule has 2 nitrogen and oxygen atoms in total. The maximum absolute atomic E-state index is 10.9. The fourth-order valence-corrected chi connectivity index (χ4v) is 1.30. The molecule has 1 rings (SSSR count). The quantitative estimate of drug-likeness (QED) is 0.732. The Balaban J connectivity index is 2.88. The molecule has 0 aliphatic heterocycles. The molecular formula is C12H11ClO2. The van der Waals surface area contributed by atoms with E-state index in [1.54, 1.807) is 25.3 Å². The van der Waals surface area contributed by atoms with Gasteiger partial charge in [0.1, 0.15) is 5.75 Å². The molecule has 3 heteroatoms. The normalized spacial score (nSPS) is 10.3. The first-order chi connectivity index (χ1) is 7.17. The van der Waals surface area contributed by atoms with Gasteiger partial charge in [-0.3, -0.25) is 4.79 Å². The van der Waals surface area contributed by atoms with Crippen LogP contribution in [-0.2, 0) is 4.79 Å². The van der Waals surface area contributed by atoms with Crippen molar-refractivity contribution in [1.29, 1.82) is 0 Å². The predicted octanol–water partition coefficient (Wildman–Crippen LogP) is 3.12. The van der Waals surface area contributed by atoms with Crippen LogP contribution in [0.4, 0.5) is 0 Å². The van der Waals surface area contributed by atoms with Gasteiger partial charge in [-0.15, -0.1) is 0 Å². The summed E-state index contributed by atoms with van der Waals surface area (Å²) in [7, 11) is 1.55. The summed E-state index contributed by atoms with van der Waals surface area (Å²) in [6.45, 7) is 3.37. The van der Waals surface area contributed by atoms with E-state index in [-0.39, 0.29) is 5.78 Å². The lowest BCUT2D eigenvalue weighted by atomic mass is 10.2. The van der Waals surface area contributed by atoms with Gasteiger partial charge in [-0.05, 0) is 29.8 Å². The number of methoxy groups -OCH3 is 1. The van der Waals surface area contributed by atoms with Gasteiger partial charge in [-0.25, -0.2) is 0 Å². The molecule has 0 aromatic heterocycles. The number of benzene rings is 1. The molecule has 0 amide bonds. The second-order valence-electron chi connectivity index (χ2n) is 2.83. The van der Waals surface area contributed by atoms with E-state index >= 15 is 0 Å². The van der Waals surface area contributed by atoms with Crippen LogP contribution in [0.2, 0.25) is 5.02 Å². The Bertz CT molecular complexity index is 408. The maximum Gasteiger partial charge on any atom is 0.178 e. The molecule has 0 atom stereocenters. The third-order valence-corrected chi connectivity index (χ3v) is 2.11. The molecule has 0 aliphatic rings. The highest BCUT2D eigenvalue weighted by molar-refractivity contribution is 6.32. The molecule has 0 unspecified atom stereocenters. The smallest absolute Gasteiger partial charge is 0.178 e. The Morgan fingerprint density at radius 3 is 2.80 bits per heavy atom.